The van der Waals surface area contributed by atoms with E-state index in [1.807, 2.05) is 42.6 Å². The van der Waals surface area contributed by atoms with Crippen molar-refractivity contribution in [2.45, 2.75) is 13.5 Å². The van der Waals surface area contributed by atoms with Crippen LogP contribution in [-0.2, 0) is 11.3 Å². The number of aromatic carboxylic acids is 1. The quantitative estimate of drug-likeness (QED) is 0.253. The van der Waals surface area contributed by atoms with E-state index in [0.29, 0.717) is 44.8 Å². The molecule has 0 bridgehead atoms. The smallest absolute Gasteiger partial charge is 0.337 e. The molecule has 1 aliphatic heterocycles. The molecule has 0 unspecified atom stereocenters. The van der Waals surface area contributed by atoms with Gasteiger partial charge in [0, 0.05) is 27.4 Å². The average Bonchev–Trinajstić information content (AvgIpc) is 3.42. The molecule has 0 atom stereocenters. The first kappa shape index (κ1) is 25.7. The molecule has 0 fully saturated rings. The van der Waals surface area contributed by atoms with Gasteiger partial charge in [-0.15, -0.1) is 0 Å². The molecule has 4 aromatic rings. The SMILES string of the molecule is CC1=NN(c2ccc(Cl)c(C(=O)O)c2)C(=O)C1=Cc1cn(Cc2ccc(Cl)cc2Cl)nc1-c1ccccc1. The molecule has 1 N–H and O–H groups in total. The second-order valence-electron chi connectivity index (χ2n) is 8.56. The monoisotopic (exact) mass is 564 g/mol. The summed E-state index contributed by atoms with van der Waals surface area (Å²) in [5, 5.41) is 20.9. The number of hydrogen-bond acceptors (Lipinski definition) is 4. The summed E-state index contributed by atoms with van der Waals surface area (Å²) in [6.45, 7) is 2.12. The fourth-order valence-electron chi connectivity index (χ4n) is 4.09. The number of hydrazone groups is 1. The maximum atomic E-state index is 13.4. The molecule has 0 saturated heterocycles. The first-order valence-corrected chi connectivity index (χ1v) is 12.6. The molecule has 0 saturated carbocycles. The predicted molar refractivity (Wildman–Crippen MR) is 150 cm³/mol. The number of carbonyl (C=O) groups excluding carboxylic acids is 1. The fraction of sp³-hybridized carbons (Fsp3) is 0.0714. The number of hydrogen-bond donors (Lipinski definition) is 1. The summed E-state index contributed by atoms with van der Waals surface area (Å²) < 4.78 is 1.76. The minimum absolute atomic E-state index is 0.0741. The van der Waals surface area contributed by atoms with Crippen LogP contribution in [0.1, 0.15) is 28.4 Å². The van der Waals surface area contributed by atoms with Crippen LogP contribution in [0.25, 0.3) is 17.3 Å². The third-order valence-electron chi connectivity index (χ3n) is 5.97. The lowest BCUT2D eigenvalue weighted by atomic mass is 10.0. The first-order valence-electron chi connectivity index (χ1n) is 11.4. The second kappa shape index (κ2) is 10.5. The van der Waals surface area contributed by atoms with Crippen molar-refractivity contribution in [2.24, 2.45) is 5.10 Å². The lowest BCUT2D eigenvalue weighted by Gasteiger charge is -2.13. The van der Waals surface area contributed by atoms with Gasteiger partial charge in [-0.2, -0.15) is 15.2 Å². The molecule has 1 aliphatic rings. The van der Waals surface area contributed by atoms with Gasteiger partial charge in [0.15, 0.2) is 0 Å². The molecule has 1 aromatic heterocycles. The lowest BCUT2D eigenvalue weighted by Crippen LogP contribution is -2.21. The van der Waals surface area contributed by atoms with Gasteiger partial charge in [-0.1, -0.05) is 71.2 Å². The molecule has 1 amide bonds. The van der Waals surface area contributed by atoms with Gasteiger partial charge >= 0.3 is 5.97 Å². The Morgan fingerprint density at radius 2 is 1.76 bits per heavy atom. The number of anilines is 1. The molecular formula is C28H19Cl3N4O3. The van der Waals surface area contributed by atoms with Crippen molar-refractivity contribution in [2.75, 3.05) is 5.01 Å². The summed E-state index contributed by atoms with van der Waals surface area (Å²) >= 11 is 18.4. The molecule has 190 valence electrons. The van der Waals surface area contributed by atoms with Crippen LogP contribution in [0.2, 0.25) is 15.1 Å². The van der Waals surface area contributed by atoms with E-state index in [-0.39, 0.29) is 10.6 Å². The van der Waals surface area contributed by atoms with E-state index in [4.69, 9.17) is 39.9 Å². The van der Waals surface area contributed by atoms with Gasteiger partial charge in [-0.05, 0) is 48.9 Å². The maximum absolute atomic E-state index is 13.4. The number of carboxylic acid groups (broad SMARTS) is 1. The largest absolute Gasteiger partial charge is 0.478 e. The topological polar surface area (TPSA) is 87.8 Å². The molecule has 0 spiro atoms. The normalized spacial score (nSPS) is 14.3. The molecule has 5 rings (SSSR count). The highest BCUT2D eigenvalue weighted by Crippen LogP contribution is 2.31. The van der Waals surface area contributed by atoms with Gasteiger partial charge < -0.3 is 5.11 Å². The molecule has 7 nitrogen and oxygen atoms in total. The van der Waals surface area contributed by atoms with Crippen molar-refractivity contribution in [3.8, 4) is 11.3 Å². The number of amides is 1. The third-order valence-corrected chi connectivity index (χ3v) is 6.89. The Kier molecular flexibility index (Phi) is 7.08. The molecule has 0 aliphatic carbocycles. The number of benzene rings is 3. The minimum Gasteiger partial charge on any atom is -0.478 e. The third kappa shape index (κ3) is 5.09. The van der Waals surface area contributed by atoms with E-state index in [0.717, 1.165) is 11.1 Å². The Morgan fingerprint density at radius 1 is 1.00 bits per heavy atom. The molecular weight excluding hydrogens is 547 g/mol. The number of nitrogens with zero attached hydrogens (tertiary/aromatic N) is 4. The van der Waals surface area contributed by atoms with Crippen molar-refractivity contribution in [1.29, 1.82) is 0 Å². The molecule has 0 radical (unpaired) electrons. The van der Waals surface area contributed by atoms with Crippen molar-refractivity contribution in [3.05, 3.63) is 110 Å². The highest BCUT2D eigenvalue weighted by atomic mass is 35.5. The van der Waals surface area contributed by atoms with E-state index in [1.165, 1.54) is 17.1 Å². The van der Waals surface area contributed by atoms with Crippen LogP contribution in [-0.4, -0.2) is 32.5 Å². The van der Waals surface area contributed by atoms with Crippen LogP contribution in [0.4, 0.5) is 5.69 Å². The van der Waals surface area contributed by atoms with Crippen molar-refractivity contribution >= 4 is 64.2 Å². The van der Waals surface area contributed by atoms with E-state index in [9.17, 15) is 14.7 Å². The Labute approximate surface area is 233 Å². The standard InChI is InChI=1S/C28H19Cl3N4O3/c1-16-22(27(36)35(32-16)21-9-10-24(30)23(13-21)28(37)38)11-19-15-34(14-18-7-8-20(29)12-25(18)31)33-26(19)17-5-3-2-4-6-17/h2-13,15H,14H2,1H3,(H,37,38). The highest BCUT2D eigenvalue weighted by Gasteiger charge is 2.30. The summed E-state index contributed by atoms with van der Waals surface area (Å²) in [5.41, 5.74) is 4.14. The maximum Gasteiger partial charge on any atom is 0.337 e. The second-order valence-corrected chi connectivity index (χ2v) is 9.81. The van der Waals surface area contributed by atoms with E-state index < -0.39 is 11.9 Å². The van der Waals surface area contributed by atoms with Gasteiger partial charge in [0.05, 0.1) is 39.8 Å². The summed E-state index contributed by atoms with van der Waals surface area (Å²) in [7, 11) is 0. The number of rotatable bonds is 6. The van der Waals surface area contributed by atoms with Crippen LogP contribution in [0.3, 0.4) is 0 Å². The molecule has 3 aromatic carbocycles. The molecule has 2 heterocycles. The van der Waals surface area contributed by atoms with Gasteiger partial charge in [0.2, 0.25) is 0 Å². The van der Waals surface area contributed by atoms with Crippen molar-refractivity contribution in [3.63, 3.8) is 0 Å². The Morgan fingerprint density at radius 3 is 2.47 bits per heavy atom. The predicted octanol–water partition coefficient (Wildman–Crippen LogP) is 7.06. The Hall–Kier alpha value is -3.91. The number of halogens is 3. The summed E-state index contributed by atoms with van der Waals surface area (Å²) in [5.74, 6) is -1.59. The Bertz CT molecular complexity index is 1640. The highest BCUT2D eigenvalue weighted by molar-refractivity contribution is 6.35. The van der Waals surface area contributed by atoms with E-state index >= 15 is 0 Å². The van der Waals surface area contributed by atoms with Crippen LogP contribution in [0.15, 0.2) is 83.6 Å². The minimum atomic E-state index is -1.19. The van der Waals surface area contributed by atoms with E-state index in [2.05, 4.69) is 5.10 Å². The van der Waals surface area contributed by atoms with Gasteiger partial charge in [-0.25, -0.2) is 4.79 Å². The zero-order valence-corrected chi connectivity index (χ0v) is 22.2. The molecule has 38 heavy (non-hydrogen) atoms. The van der Waals surface area contributed by atoms with Crippen molar-refractivity contribution in [1.82, 2.24) is 9.78 Å². The van der Waals surface area contributed by atoms with Crippen LogP contribution in [0, 0.1) is 0 Å². The van der Waals surface area contributed by atoms with Crippen LogP contribution >= 0.6 is 34.8 Å². The van der Waals surface area contributed by atoms with Crippen LogP contribution in [0.5, 0.6) is 0 Å². The van der Waals surface area contributed by atoms with E-state index in [1.54, 1.807) is 35.9 Å². The zero-order valence-electron chi connectivity index (χ0n) is 19.9. The van der Waals surface area contributed by atoms with Crippen LogP contribution < -0.4 is 5.01 Å². The van der Waals surface area contributed by atoms with Crippen molar-refractivity contribution < 1.29 is 14.7 Å². The zero-order chi connectivity index (χ0) is 27.0. The average molecular weight is 566 g/mol. The summed E-state index contributed by atoms with van der Waals surface area (Å²) in [6.07, 6.45) is 3.58. The summed E-state index contributed by atoms with van der Waals surface area (Å²) in [4.78, 5) is 24.9. The first-order chi connectivity index (χ1) is 18.2. The van der Waals surface area contributed by atoms with Gasteiger partial charge in [0.1, 0.15) is 0 Å². The number of carbonyl (C=O) groups is 2. The number of aromatic nitrogens is 2. The number of carboxylic acids is 1. The Balaban J connectivity index is 1.54. The fourth-order valence-corrected chi connectivity index (χ4v) is 4.76. The summed E-state index contributed by atoms with van der Waals surface area (Å²) in [6, 6.07) is 19.2. The lowest BCUT2D eigenvalue weighted by molar-refractivity contribution is -0.114. The molecule has 10 heteroatoms. The van der Waals surface area contributed by atoms with Gasteiger partial charge in [0.25, 0.3) is 5.91 Å². The van der Waals surface area contributed by atoms with Gasteiger partial charge in [-0.3, -0.25) is 9.48 Å².